The number of nitrogens with one attached hydrogen (secondary N) is 1. The van der Waals surface area contributed by atoms with Crippen LogP contribution in [-0.2, 0) is 13.3 Å². The smallest absolute Gasteiger partial charge is 0.234 e. The fourth-order valence-corrected chi connectivity index (χ4v) is 5.70. The Hall–Kier alpha value is -5.14. The number of fused-ring (bicyclic) bond motifs is 3. The number of nitrogens with zero attached hydrogens (tertiary/aromatic N) is 7. The lowest BCUT2D eigenvalue weighted by atomic mass is 10.0. The van der Waals surface area contributed by atoms with Crippen molar-refractivity contribution in [3.8, 4) is 45.7 Å². The van der Waals surface area contributed by atoms with Crippen molar-refractivity contribution >= 4 is 5.82 Å². The summed E-state index contributed by atoms with van der Waals surface area (Å²) in [5.41, 5.74) is 5.09. The van der Waals surface area contributed by atoms with E-state index in [9.17, 15) is 4.39 Å². The Morgan fingerprint density at radius 3 is 2.50 bits per heavy atom. The fourth-order valence-electron chi connectivity index (χ4n) is 5.70. The molecule has 5 heterocycles. The molecule has 0 aliphatic carbocycles. The number of benzene rings is 2. The third-order valence-electron chi connectivity index (χ3n) is 7.78. The maximum Gasteiger partial charge on any atom is 0.234 e. The second-order valence-corrected chi connectivity index (χ2v) is 10.4. The van der Waals surface area contributed by atoms with E-state index in [2.05, 4.69) is 49.4 Å². The lowest BCUT2D eigenvalue weighted by Gasteiger charge is -2.32. The van der Waals surface area contributed by atoms with Crippen molar-refractivity contribution in [3.63, 3.8) is 0 Å². The second kappa shape index (κ2) is 11.0. The number of ether oxygens (including phenoxy) is 1. The topological polar surface area (TPSA) is 105 Å². The quantitative estimate of drug-likeness (QED) is 0.272. The molecule has 2 aliphatic heterocycles. The van der Waals surface area contributed by atoms with Gasteiger partial charge in [-0.3, -0.25) is 9.47 Å². The number of halogens is 1. The number of imidazole rings is 1. The van der Waals surface area contributed by atoms with E-state index in [0.717, 1.165) is 55.0 Å². The molecular weight excluding hydrogens is 531 g/mol. The number of anilines is 1. The summed E-state index contributed by atoms with van der Waals surface area (Å²) in [7, 11) is 0. The SMILES string of the molecule is N#Cc1nccc(NC2CCN(Cc3ccc(-c4nc5n(c4-c4ccccc4)COc4ccnc(F)c4-5)cc3)CC2)n1. The van der Waals surface area contributed by atoms with Gasteiger partial charge in [0.25, 0.3) is 0 Å². The Kier molecular flexibility index (Phi) is 6.78. The van der Waals surface area contributed by atoms with Gasteiger partial charge in [0.1, 0.15) is 23.2 Å². The maximum atomic E-state index is 14.9. The standard InChI is InChI=1S/C32H27FN8O/c33-31-28-25(10-14-36-31)42-20-41-30(23-4-2-1-3-5-23)29(39-32(28)41)22-8-6-21(7-9-22)19-40-16-12-24(13-17-40)37-26-11-15-35-27(18-34)38-26/h1-11,14-15,24H,12-13,16-17,19-20H2,(H,35,37,38). The molecule has 3 aromatic heterocycles. The second-order valence-electron chi connectivity index (χ2n) is 10.4. The summed E-state index contributed by atoms with van der Waals surface area (Å²) in [6, 6.07) is 24.2. The molecule has 0 spiro atoms. The third-order valence-corrected chi connectivity index (χ3v) is 7.78. The van der Waals surface area contributed by atoms with Crippen LogP contribution in [0.3, 0.4) is 0 Å². The number of pyridine rings is 1. The first-order valence-corrected chi connectivity index (χ1v) is 13.9. The largest absolute Gasteiger partial charge is 0.472 e. The van der Waals surface area contributed by atoms with E-state index in [0.29, 0.717) is 23.4 Å². The van der Waals surface area contributed by atoms with E-state index in [1.54, 1.807) is 18.3 Å². The van der Waals surface area contributed by atoms with Crippen LogP contribution in [0, 0.1) is 17.3 Å². The molecule has 9 nitrogen and oxygen atoms in total. The summed E-state index contributed by atoms with van der Waals surface area (Å²) in [5.74, 6) is 1.24. The van der Waals surface area contributed by atoms with E-state index >= 15 is 0 Å². The molecular formula is C32H27FN8O. The Bertz CT molecular complexity index is 1770. The van der Waals surface area contributed by atoms with Gasteiger partial charge in [0.15, 0.2) is 12.6 Å². The van der Waals surface area contributed by atoms with Crippen LogP contribution >= 0.6 is 0 Å². The molecule has 0 atom stereocenters. The zero-order valence-corrected chi connectivity index (χ0v) is 22.7. The van der Waals surface area contributed by atoms with Gasteiger partial charge in [-0.1, -0.05) is 54.6 Å². The predicted molar refractivity (Wildman–Crippen MR) is 156 cm³/mol. The summed E-state index contributed by atoms with van der Waals surface area (Å²) >= 11 is 0. The van der Waals surface area contributed by atoms with E-state index in [1.807, 2.05) is 41.0 Å². The van der Waals surface area contributed by atoms with Crippen molar-refractivity contribution in [3.05, 3.63) is 96.5 Å². The van der Waals surface area contributed by atoms with Gasteiger partial charge in [0.05, 0.1) is 11.4 Å². The molecule has 2 aliphatic rings. The highest BCUT2D eigenvalue weighted by molar-refractivity contribution is 5.83. The first-order chi connectivity index (χ1) is 20.7. The van der Waals surface area contributed by atoms with Gasteiger partial charge >= 0.3 is 0 Å². The lowest BCUT2D eigenvalue weighted by molar-refractivity contribution is 0.211. The summed E-state index contributed by atoms with van der Waals surface area (Å²) < 4.78 is 22.7. The van der Waals surface area contributed by atoms with Crippen molar-refractivity contribution < 1.29 is 9.13 Å². The number of aromatic nitrogens is 5. The van der Waals surface area contributed by atoms with Crippen LogP contribution in [0.25, 0.3) is 33.9 Å². The summed E-state index contributed by atoms with van der Waals surface area (Å²) in [4.78, 5) is 19.4. The van der Waals surface area contributed by atoms with Gasteiger partial charge < -0.3 is 10.1 Å². The monoisotopic (exact) mass is 558 g/mol. The number of rotatable bonds is 6. The minimum Gasteiger partial charge on any atom is -0.472 e. The number of piperidine rings is 1. The number of nitriles is 1. The molecule has 1 saturated heterocycles. The number of hydrogen-bond donors (Lipinski definition) is 1. The third kappa shape index (κ3) is 4.95. The van der Waals surface area contributed by atoms with Gasteiger partial charge in [-0.25, -0.2) is 19.9 Å². The molecule has 1 fully saturated rings. The summed E-state index contributed by atoms with van der Waals surface area (Å²) in [6.45, 7) is 3.01. The van der Waals surface area contributed by atoms with Crippen molar-refractivity contribution in [2.75, 3.05) is 18.4 Å². The Morgan fingerprint density at radius 1 is 0.929 bits per heavy atom. The normalized spacial score (nSPS) is 14.9. The molecule has 7 rings (SSSR count). The van der Waals surface area contributed by atoms with E-state index < -0.39 is 5.95 Å². The molecule has 0 saturated carbocycles. The van der Waals surface area contributed by atoms with Crippen LogP contribution in [0.2, 0.25) is 0 Å². The van der Waals surface area contributed by atoms with Crippen molar-refractivity contribution in [2.24, 2.45) is 0 Å². The zero-order chi connectivity index (χ0) is 28.5. The first kappa shape index (κ1) is 25.8. The Balaban J connectivity index is 1.10. The highest BCUT2D eigenvalue weighted by atomic mass is 19.1. The van der Waals surface area contributed by atoms with Crippen molar-refractivity contribution in [1.29, 1.82) is 5.26 Å². The first-order valence-electron chi connectivity index (χ1n) is 13.9. The summed E-state index contributed by atoms with van der Waals surface area (Å²) in [6.07, 6.45) is 4.99. The van der Waals surface area contributed by atoms with Crippen LogP contribution in [0.1, 0.15) is 24.2 Å². The average molecular weight is 559 g/mol. The maximum absolute atomic E-state index is 14.9. The average Bonchev–Trinajstić information content (AvgIpc) is 3.43. The Labute approximate surface area is 242 Å². The fraction of sp³-hybridized carbons (Fsp3) is 0.219. The molecule has 2 aromatic carbocycles. The molecule has 0 unspecified atom stereocenters. The van der Waals surface area contributed by atoms with E-state index in [4.69, 9.17) is 15.0 Å². The predicted octanol–water partition coefficient (Wildman–Crippen LogP) is 5.51. The molecule has 5 aromatic rings. The van der Waals surface area contributed by atoms with Gasteiger partial charge in [-0.15, -0.1) is 0 Å². The van der Waals surface area contributed by atoms with Gasteiger partial charge in [-0.05, 0) is 30.5 Å². The van der Waals surface area contributed by atoms with Gasteiger partial charge in [-0.2, -0.15) is 9.65 Å². The van der Waals surface area contributed by atoms with E-state index in [-0.39, 0.29) is 18.1 Å². The minimum absolute atomic E-state index is 0.176. The van der Waals surface area contributed by atoms with Crippen LogP contribution < -0.4 is 10.1 Å². The summed E-state index contributed by atoms with van der Waals surface area (Å²) in [5, 5.41) is 12.5. The van der Waals surface area contributed by atoms with E-state index in [1.165, 1.54) is 11.8 Å². The van der Waals surface area contributed by atoms with Gasteiger partial charge in [0.2, 0.25) is 11.8 Å². The Morgan fingerprint density at radius 2 is 1.71 bits per heavy atom. The lowest BCUT2D eigenvalue weighted by Crippen LogP contribution is -2.38. The molecule has 10 heteroatoms. The van der Waals surface area contributed by atoms with Crippen LogP contribution in [0.4, 0.5) is 10.2 Å². The molecule has 0 bridgehead atoms. The minimum atomic E-state index is -0.595. The molecule has 0 amide bonds. The number of likely N-dealkylation sites (tertiary alicyclic amines) is 1. The zero-order valence-electron chi connectivity index (χ0n) is 22.7. The molecule has 208 valence electrons. The van der Waals surface area contributed by atoms with Crippen LogP contribution in [0.5, 0.6) is 5.75 Å². The van der Waals surface area contributed by atoms with Crippen molar-refractivity contribution in [2.45, 2.75) is 32.2 Å². The highest BCUT2D eigenvalue weighted by Crippen LogP contribution is 2.42. The molecule has 42 heavy (non-hydrogen) atoms. The van der Waals surface area contributed by atoms with Crippen LogP contribution in [-0.4, -0.2) is 48.5 Å². The molecule has 1 N–H and O–H groups in total. The van der Waals surface area contributed by atoms with Crippen LogP contribution in [0.15, 0.2) is 79.1 Å². The van der Waals surface area contributed by atoms with Gasteiger partial charge in [0, 0.05) is 49.2 Å². The van der Waals surface area contributed by atoms with Crippen molar-refractivity contribution in [1.82, 2.24) is 29.4 Å². The highest BCUT2D eigenvalue weighted by Gasteiger charge is 2.29. The molecule has 0 radical (unpaired) electrons. The number of hydrogen-bond acceptors (Lipinski definition) is 8.